The number of carbonyl (C=O) groups is 1. The molecule has 9 nitrogen and oxygen atoms in total. The summed E-state index contributed by atoms with van der Waals surface area (Å²) in [5, 5.41) is 13.0. The lowest BCUT2D eigenvalue weighted by molar-refractivity contribution is -0.119. The summed E-state index contributed by atoms with van der Waals surface area (Å²) < 4.78 is 51.9. The quantitative estimate of drug-likeness (QED) is 0.532. The van der Waals surface area contributed by atoms with Crippen LogP contribution in [0.5, 0.6) is 0 Å². The molecule has 30 heavy (non-hydrogen) atoms. The van der Waals surface area contributed by atoms with Gasteiger partial charge in [-0.3, -0.25) is 9.10 Å². The number of aliphatic hydroxyl groups is 1. The van der Waals surface area contributed by atoms with E-state index in [1.54, 1.807) is 12.1 Å². The van der Waals surface area contributed by atoms with Crippen LogP contribution in [0, 0.1) is 0 Å². The minimum atomic E-state index is -4.20. The van der Waals surface area contributed by atoms with Crippen LogP contribution >= 0.6 is 0 Å². The van der Waals surface area contributed by atoms with Crippen molar-refractivity contribution in [3.05, 3.63) is 54.1 Å². The van der Waals surface area contributed by atoms with Crippen molar-refractivity contribution >= 4 is 37.1 Å². The normalized spacial score (nSPS) is 20.6. The Labute approximate surface area is 175 Å². The van der Waals surface area contributed by atoms with Gasteiger partial charge in [-0.25, -0.2) is 16.8 Å². The Morgan fingerprint density at radius 1 is 1.13 bits per heavy atom. The molecule has 1 aliphatic rings. The molecule has 2 aromatic rings. The third-order valence-electron chi connectivity index (χ3n) is 4.76. The molecule has 0 aliphatic carbocycles. The third-order valence-corrected chi connectivity index (χ3v) is 8.33. The van der Waals surface area contributed by atoms with E-state index in [0.717, 1.165) is 4.31 Å². The van der Waals surface area contributed by atoms with Gasteiger partial charge in [0.1, 0.15) is 0 Å². The fraction of sp³-hybridized carbons (Fsp3) is 0.316. The smallest absolute Gasteiger partial charge is 0.264 e. The first-order valence-corrected chi connectivity index (χ1v) is 12.4. The van der Waals surface area contributed by atoms with Crippen molar-refractivity contribution < 1.29 is 26.7 Å². The Balaban J connectivity index is 2.02. The maximum Gasteiger partial charge on any atom is 0.264 e. The maximum atomic E-state index is 13.5. The number of nitrogens with one attached hydrogen (secondary N) is 1. The molecule has 1 aliphatic heterocycles. The SMILES string of the molecule is CC(=O)NCc1ccc(S(=O)(=O)N(c2ccc(N)cc2)[C@H]2CS(=O)(=O)C[C@@H]2O)cc1. The van der Waals surface area contributed by atoms with Gasteiger partial charge >= 0.3 is 0 Å². The predicted molar refractivity (Wildman–Crippen MR) is 113 cm³/mol. The second-order valence-electron chi connectivity index (χ2n) is 7.16. The van der Waals surface area contributed by atoms with Gasteiger partial charge in [-0.05, 0) is 42.0 Å². The van der Waals surface area contributed by atoms with Crippen LogP contribution in [0.1, 0.15) is 12.5 Å². The number of nitrogens with two attached hydrogens (primary N) is 1. The van der Waals surface area contributed by atoms with Crippen LogP contribution in [-0.2, 0) is 31.2 Å². The molecule has 0 spiro atoms. The highest BCUT2D eigenvalue weighted by molar-refractivity contribution is 7.93. The van der Waals surface area contributed by atoms with Crippen molar-refractivity contribution in [2.45, 2.75) is 30.5 Å². The Hall–Kier alpha value is -2.63. The first kappa shape index (κ1) is 22.1. The lowest BCUT2D eigenvalue weighted by Crippen LogP contribution is -2.47. The topological polar surface area (TPSA) is 147 Å². The zero-order valence-electron chi connectivity index (χ0n) is 16.2. The van der Waals surface area contributed by atoms with Crippen molar-refractivity contribution in [1.82, 2.24) is 5.32 Å². The standard InChI is InChI=1S/C19H23N3O6S2/c1-13(23)21-10-14-2-8-17(9-3-14)30(27,28)22(16-6-4-15(20)5-7-16)18-11-29(25,26)12-19(18)24/h2-9,18-19,24H,10-12,20H2,1H3,(H,21,23)/t18-,19-/m0/s1. The summed E-state index contributed by atoms with van der Waals surface area (Å²) >= 11 is 0. The van der Waals surface area contributed by atoms with E-state index in [-0.39, 0.29) is 23.0 Å². The predicted octanol–water partition coefficient (Wildman–Crippen LogP) is 0.258. The monoisotopic (exact) mass is 453 g/mol. The van der Waals surface area contributed by atoms with E-state index in [9.17, 15) is 26.7 Å². The van der Waals surface area contributed by atoms with E-state index in [1.165, 1.54) is 43.3 Å². The summed E-state index contributed by atoms with van der Waals surface area (Å²) in [7, 11) is -7.79. The van der Waals surface area contributed by atoms with Gasteiger partial charge in [0.25, 0.3) is 10.0 Å². The number of hydrogen-bond donors (Lipinski definition) is 3. The molecule has 1 saturated heterocycles. The molecule has 0 aromatic heterocycles. The molecule has 0 radical (unpaired) electrons. The zero-order chi connectivity index (χ0) is 22.1. The van der Waals surface area contributed by atoms with Gasteiger partial charge in [0.2, 0.25) is 5.91 Å². The van der Waals surface area contributed by atoms with E-state index >= 15 is 0 Å². The van der Waals surface area contributed by atoms with Crippen LogP contribution in [0.3, 0.4) is 0 Å². The molecule has 2 atom stereocenters. The lowest BCUT2D eigenvalue weighted by Gasteiger charge is -2.31. The van der Waals surface area contributed by atoms with Gasteiger partial charge in [-0.2, -0.15) is 0 Å². The number of sulfone groups is 1. The molecule has 1 heterocycles. The Morgan fingerprint density at radius 3 is 2.23 bits per heavy atom. The fourth-order valence-corrected chi connectivity index (χ4v) is 6.83. The van der Waals surface area contributed by atoms with Gasteiger partial charge in [-0.15, -0.1) is 0 Å². The number of carbonyl (C=O) groups excluding carboxylic acids is 1. The largest absolute Gasteiger partial charge is 0.399 e. The van der Waals surface area contributed by atoms with Crippen molar-refractivity contribution in [2.75, 3.05) is 21.5 Å². The number of sulfonamides is 1. The summed E-state index contributed by atoms with van der Waals surface area (Å²) in [4.78, 5) is 11.0. The second kappa shape index (κ2) is 8.25. The van der Waals surface area contributed by atoms with Crippen LogP contribution in [0.2, 0.25) is 0 Å². The molecule has 11 heteroatoms. The van der Waals surface area contributed by atoms with Crippen molar-refractivity contribution in [1.29, 1.82) is 0 Å². The van der Waals surface area contributed by atoms with E-state index in [2.05, 4.69) is 5.32 Å². The van der Waals surface area contributed by atoms with Crippen molar-refractivity contribution in [3.63, 3.8) is 0 Å². The molecule has 0 saturated carbocycles. The maximum absolute atomic E-state index is 13.5. The lowest BCUT2D eigenvalue weighted by atomic mass is 10.2. The number of rotatable bonds is 6. The minimum Gasteiger partial charge on any atom is -0.399 e. The summed E-state index contributed by atoms with van der Waals surface area (Å²) in [5.74, 6) is -1.20. The minimum absolute atomic E-state index is 0.0672. The zero-order valence-corrected chi connectivity index (χ0v) is 17.9. The first-order chi connectivity index (χ1) is 14.0. The molecule has 0 bridgehead atoms. The molecule has 162 valence electrons. The average molecular weight is 454 g/mol. The van der Waals surface area contributed by atoms with Crippen LogP contribution < -0.4 is 15.4 Å². The van der Waals surface area contributed by atoms with Gasteiger partial charge < -0.3 is 16.2 Å². The Morgan fingerprint density at radius 2 is 1.73 bits per heavy atom. The Kier molecular flexibility index (Phi) is 6.06. The summed E-state index contributed by atoms with van der Waals surface area (Å²) in [6.45, 7) is 1.63. The van der Waals surface area contributed by atoms with Gasteiger partial charge in [0, 0.05) is 19.2 Å². The summed E-state index contributed by atoms with van der Waals surface area (Å²) in [6, 6.07) is 10.7. The molecule has 4 N–H and O–H groups in total. The van der Waals surface area contributed by atoms with Crippen LogP contribution in [-0.4, -0.2) is 51.5 Å². The summed E-state index contributed by atoms with van der Waals surface area (Å²) in [5.41, 5.74) is 7.01. The highest BCUT2D eigenvalue weighted by atomic mass is 32.2. The van der Waals surface area contributed by atoms with Crippen molar-refractivity contribution in [3.8, 4) is 0 Å². The summed E-state index contributed by atoms with van der Waals surface area (Å²) in [6.07, 6.45) is -1.36. The number of amides is 1. The van der Waals surface area contributed by atoms with Crippen LogP contribution in [0.25, 0.3) is 0 Å². The Bertz CT molecular complexity index is 1130. The van der Waals surface area contributed by atoms with Crippen molar-refractivity contribution in [2.24, 2.45) is 0 Å². The molecule has 1 amide bonds. The molecular weight excluding hydrogens is 430 g/mol. The molecule has 0 unspecified atom stereocenters. The number of anilines is 2. The number of nitrogen functional groups attached to an aromatic ring is 1. The van der Waals surface area contributed by atoms with E-state index in [4.69, 9.17) is 5.73 Å². The van der Waals surface area contributed by atoms with Gasteiger partial charge in [0.05, 0.1) is 34.2 Å². The highest BCUT2D eigenvalue weighted by Gasteiger charge is 2.45. The number of nitrogens with zero attached hydrogens (tertiary/aromatic N) is 1. The van der Waals surface area contributed by atoms with E-state index < -0.39 is 43.5 Å². The average Bonchev–Trinajstić information content (AvgIpc) is 2.94. The number of aliphatic hydroxyl groups excluding tert-OH is 1. The molecular formula is C19H23N3O6S2. The van der Waals surface area contributed by atoms with E-state index in [1.807, 2.05) is 0 Å². The number of hydrogen-bond acceptors (Lipinski definition) is 7. The van der Waals surface area contributed by atoms with E-state index in [0.29, 0.717) is 11.3 Å². The number of benzene rings is 2. The highest BCUT2D eigenvalue weighted by Crippen LogP contribution is 2.31. The third kappa shape index (κ3) is 4.74. The molecule has 3 rings (SSSR count). The van der Waals surface area contributed by atoms with Gasteiger partial charge in [0.15, 0.2) is 9.84 Å². The van der Waals surface area contributed by atoms with Crippen LogP contribution in [0.4, 0.5) is 11.4 Å². The fourth-order valence-electron chi connectivity index (χ4n) is 3.28. The van der Waals surface area contributed by atoms with Crippen LogP contribution in [0.15, 0.2) is 53.4 Å². The first-order valence-electron chi connectivity index (χ1n) is 9.11. The van der Waals surface area contributed by atoms with Gasteiger partial charge in [-0.1, -0.05) is 12.1 Å². The molecule has 2 aromatic carbocycles. The second-order valence-corrected chi connectivity index (χ2v) is 11.1. The molecule has 1 fully saturated rings.